The Morgan fingerprint density at radius 3 is 2.48 bits per heavy atom. The zero-order chi connectivity index (χ0) is 15.8. The molecule has 1 aromatic carbocycles. The van der Waals surface area contributed by atoms with Crippen molar-refractivity contribution in [2.75, 3.05) is 0 Å². The molecule has 1 heterocycles. The van der Waals surface area contributed by atoms with Crippen molar-refractivity contribution >= 4 is 27.8 Å². The van der Waals surface area contributed by atoms with Crippen LogP contribution in [0.1, 0.15) is 29.8 Å². The van der Waals surface area contributed by atoms with E-state index in [1.165, 1.54) is 24.3 Å². The Morgan fingerprint density at radius 2 is 1.90 bits per heavy atom. The molecule has 112 valence electrons. The van der Waals surface area contributed by atoms with E-state index >= 15 is 0 Å². The maximum absolute atomic E-state index is 12.2. The van der Waals surface area contributed by atoms with Gasteiger partial charge in [0, 0.05) is 16.5 Å². The molecular formula is C14H15NO5S. The number of carbonyl (C=O) groups is 2. The van der Waals surface area contributed by atoms with Gasteiger partial charge in [-0.1, -0.05) is 19.9 Å². The third-order valence-corrected chi connectivity index (χ3v) is 4.71. The number of hydrogen-bond donors (Lipinski definition) is 2. The van der Waals surface area contributed by atoms with Crippen LogP contribution in [0.3, 0.4) is 0 Å². The molecule has 0 spiro atoms. The van der Waals surface area contributed by atoms with Crippen molar-refractivity contribution in [2.24, 2.45) is 5.92 Å². The third-order valence-electron chi connectivity index (χ3n) is 3.25. The Balaban J connectivity index is 2.37. The van der Waals surface area contributed by atoms with E-state index < -0.39 is 27.8 Å². The number of rotatable bonds is 4. The van der Waals surface area contributed by atoms with E-state index in [9.17, 15) is 18.0 Å². The van der Waals surface area contributed by atoms with Crippen LogP contribution in [-0.2, 0) is 14.6 Å². The Hall–Kier alpha value is -2.15. The van der Waals surface area contributed by atoms with Crippen molar-refractivity contribution < 1.29 is 23.1 Å². The first-order chi connectivity index (χ1) is 9.74. The zero-order valence-electron chi connectivity index (χ0n) is 11.5. The number of fused-ring (bicyclic) bond motifs is 1. The number of hydrogen-bond acceptors (Lipinski definition) is 4. The first-order valence-electron chi connectivity index (χ1n) is 6.34. The molecule has 1 atom stereocenters. The van der Waals surface area contributed by atoms with Crippen molar-refractivity contribution in [1.29, 1.82) is 0 Å². The standard InChI is InChI=1S/C14H15NO5S/c1-8(2)12(14(17)18)15-13(16)10-4-3-5-11-9(10)6-7-21(11,19)20/h3-8,12H,1-2H3,(H,15,16)(H,17,18). The molecule has 0 aliphatic carbocycles. The van der Waals surface area contributed by atoms with Crippen molar-refractivity contribution in [3.05, 3.63) is 34.7 Å². The highest BCUT2D eigenvalue weighted by Gasteiger charge is 2.28. The van der Waals surface area contributed by atoms with Gasteiger partial charge in [0.25, 0.3) is 5.91 Å². The first-order valence-corrected chi connectivity index (χ1v) is 7.88. The van der Waals surface area contributed by atoms with E-state index in [4.69, 9.17) is 5.11 Å². The fourth-order valence-electron chi connectivity index (χ4n) is 2.13. The highest BCUT2D eigenvalue weighted by atomic mass is 32.2. The lowest BCUT2D eigenvalue weighted by atomic mass is 10.0. The molecule has 0 radical (unpaired) electrons. The van der Waals surface area contributed by atoms with Crippen LogP contribution >= 0.6 is 0 Å². The number of benzene rings is 1. The van der Waals surface area contributed by atoms with E-state index in [-0.39, 0.29) is 16.4 Å². The molecule has 0 saturated heterocycles. The number of carboxylic acid groups (broad SMARTS) is 1. The molecule has 0 aromatic heterocycles. The number of carboxylic acids is 1. The lowest BCUT2D eigenvalue weighted by Crippen LogP contribution is -2.44. The second-order valence-corrected chi connectivity index (χ2v) is 6.90. The molecule has 6 nitrogen and oxygen atoms in total. The predicted octanol–water partition coefficient (Wildman–Crippen LogP) is 1.28. The summed E-state index contributed by atoms with van der Waals surface area (Å²) in [7, 11) is -3.50. The summed E-state index contributed by atoms with van der Waals surface area (Å²) in [6.07, 6.45) is 1.35. The lowest BCUT2D eigenvalue weighted by Gasteiger charge is -2.18. The fourth-order valence-corrected chi connectivity index (χ4v) is 3.34. The molecule has 7 heteroatoms. The van der Waals surface area contributed by atoms with Crippen LogP contribution < -0.4 is 5.32 Å². The summed E-state index contributed by atoms with van der Waals surface area (Å²) in [5, 5.41) is 12.5. The van der Waals surface area contributed by atoms with Crippen molar-refractivity contribution in [3.63, 3.8) is 0 Å². The smallest absolute Gasteiger partial charge is 0.326 e. The van der Waals surface area contributed by atoms with E-state index in [2.05, 4.69) is 5.32 Å². The van der Waals surface area contributed by atoms with Crippen LogP contribution in [0.25, 0.3) is 6.08 Å². The van der Waals surface area contributed by atoms with E-state index in [1.807, 2.05) is 0 Å². The van der Waals surface area contributed by atoms with Crippen molar-refractivity contribution in [2.45, 2.75) is 24.8 Å². The van der Waals surface area contributed by atoms with Gasteiger partial charge in [-0.05, 0) is 24.1 Å². The van der Waals surface area contributed by atoms with Crippen LogP contribution in [0.15, 0.2) is 28.5 Å². The molecule has 2 rings (SSSR count). The number of amides is 1. The van der Waals surface area contributed by atoms with Gasteiger partial charge in [-0.15, -0.1) is 0 Å². The molecule has 2 N–H and O–H groups in total. The average molecular weight is 309 g/mol. The largest absolute Gasteiger partial charge is 0.480 e. The molecule has 0 fully saturated rings. The molecule has 1 aliphatic rings. The molecule has 0 saturated carbocycles. The van der Waals surface area contributed by atoms with Gasteiger partial charge in [-0.3, -0.25) is 4.79 Å². The molecule has 0 bridgehead atoms. The number of carbonyl (C=O) groups excluding carboxylic acids is 1. The summed E-state index contributed by atoms with van der Waals surface area (Å²) in [6.45, 7) is 3.36. The minimum Gasteiger partial charge on any atom is -0.480 e. The van der Waals surface area contributed by atoms with Gasteiger partial charge in [-0.25, -0.2) is 13.2 Å². The van der Waals surface area contributed by atoms with Crippen LogP contribution in [0.2, 0.25) is 0 Å². The maximum Gasteiger partial charge on any atom is 0.326 e. The monoisotopic (exact) mass is 309 g/mol. The average Bonchev–Trinajstić information content (AvgIpc) is 2.71. The second-order valence-electron chi connectivity index (χ2n) is 5.10. The summed E-state index contributed by atoms with van der Waals surface area (Å²) in [4.78, 5) is 23.4. The van der Waals surface area contributed by atoms with Gasteiger partial charge >= 0.3 is 5.97 Å². The topological polar surface area (TPSA) is 101 Å². The molecular weight excluding hydrogens is 294 g/mol. The Kier molecular flexibility index (Phi) is 3.87. The van der Waals surface area contributed by atoms with Gasteiger partial charge < -0.3 is 10.4 Å². The van der Waals surface area contributed by atoms with Crippen molar-refractivity contribution in [1.82, 2.24) is 5.32 Å². The molecule has 1 amide bonds. The fraction of sp³-hybridized carbons (Fsp3) is 0.286. The highest BCUT2D eigenvalue weighted by molar-refractivity contribution is 7.94. The Labute approximate surface area is 122 Å². The van der Waals surface area contributed by atoms with Crippen LogP contribution in [0.5, 0.6) is 0 Å². The van der Waals surface area contributed by atoms with E-state index in [0.29, 0.717) is 5.56 Å². The van der Waals surface area contributed by atoms with Crippen LogP contribution in [-0.4, -0.2) is 31.4 Å². The van der Waals surface area contributed by atoms with Gasteiger partial charge in [0.2, 0.25) is 0 Å². The van der Waals surface area contributed by atoms with Gasteiger partial charge in [0.05, 0.1) is 4.90 Å². The number of sulfone groups is 1. The Morgan fingerprint density at radius 1 is 1.24 bits per heavy atom. The first kappa shape index (κ1) is 15.2. The normalized spacial score (nSPS) is 16.5. The van der Waals surface area contributed by atoms with Gasteiger partial charge in [-0.2, -0.15) is 0 Å². The number of aliphatic carboxylic acids is 1. The summed E-state index contributed by atoms with van der Waals surface area (Å²) >= 11 is 0. The summed E-state index contributed by atoms with van der Waals surface area (Å²) in [5.41, 5.74) is 0.444. The molecule has 1 aliphatic heterocycles. The number of nitrogens with one attached hydrogen (secondary N) is 1. The minimum absolute atomic E-state index is 0.0616. The summed E-state index contributed by atoms with van der Waals surface area (Å²) in [5.74, 6) is -2.02. The van der Waals surface area contributed by atoms with Crippen molar-refractivity contribution in [3.8, 4) is 0 Å². The Bertz CT molecular complexity index is 734. The van der Waals surface area contributed by atoms with Gasteiger partial charge in [0.15, 0.2) is 9.84 Å². The van der Waals surface area contributed by atoms with E-state index in [1.54, 1.807) is 13.8 Å². The van der Waals surface area contributed by atoms with E-state index in [0.717, 1.165) is 5.41 Å². The zero-order valence-corrected chi connectivity index (χ0v) is 12.3. The van der Waals surface area contributed by atoms with Gasteiger partial charge in [0.1, 0.15) is 6.04 Å². The SMILES string of the molecule is CC(C)C(NC(=O)c1cccc2c1C=CS2(=O)=O)C(=O)O. The minimum atomic E-state index is -3.50. The third kappa shape index (κ3) is 2.82. The second kappa shape index (κ2) is 5.33. The molecule has 1 aromatic rings. The highest BCUT2D eigenvalue weighted by Crippen LogP contribution is 2.29. The summed E-state index contributed by atoms with van der Waals surface area (Å²) < 4.78 is 23.5. The van der Waals surface area contributed by atoms with Crippen LogP contribution in [0.4, 0.5) is 0 Å². The summed E-state index contributed by atoms with van der Waals surface area (Å²) in [6, 6.07) is 3.32. The maximum atomic E-state index is 12.2. The quantitative estimate of drug-likeness (QED) is 0.872. The lowest BCUT2D eigenvalue weighted by molar-refractivity contribution is -0.140. The van der Waals surface area contributed by atoms with Crippen LogP contribution in [0, 0.1) is 5.92 Å². The molecule has 21 heavy (non-hydrogen) atoms. The molecule has 1 unspecified atom stereocenters. The predicted molar refractivity (Wildman–Crippen MR) is 76.4 cm³/mol.